The zero-order valence-electron chi connectivity index (χ0n) is 16.0. The number of anilines is 1. The van der Waals surface area contributed by atoms with Gasteiger partial charge in [0.2, 0.25) is 11.8 Å². The molecule has 1 aromatic carbocycles. The van der Waals surface area contributed by atoms with E-state index in [0.29, 0.717) is 36.3 Å². The van der Waals surface area contributed by atoms with Crippen molar-refractivity contribution in [2.24, 2.45) is 0 Å². The van der Waals surface area contributed by atoms with Crippen LogP contribution in [0.15, 0.2) is 28.8 Å². The van der Waals surface area contributed by atoms with Gasteiger partial charge in [0.1, 0.15) is 19.0 Å². The van der Waals surface area contributed by atoms with E-state index in [0.717, 1.165) is 5.56 Å². The second kappa shape index (κ2) is 9.01. The first-order valence-corrected chi connectivity index (χ1v) is 10.0. The second-order valence-electron chi connectivity index (χ2n) is 6.46. The van der Waals surface area contributed by atoms with E-state index in [1.807, 2.05) is 25.1 Å². The van der Waals surface area contributed by atoms with Gasteiger partial charge in [-0.25, -0.2) is 0 Å². The number of hydrogen-bond donors (Lipinski definition) is 2. The smallest absolute Gasteiger partial charge is 0.238 e. The molecule has 2 atom stereocenters. The first kappa shape index (κ1) is 20.1. The molecule has 150 valence electrons. The highest BCUT2D eigenvalue weighted by Gasteiger charge is 2.19. The highest BCUT2D eigenvalue weighted by molar-refractivity contribution is 8.01. The molecule has 2 unspecified atom stereocenters. The van der Waals surface area contributed by atoms with Crippen molar-refractivity contribution < 1.29 is 23.6 Å². The van der Waals surface area contributed by atoms with Crippen molar-refractivity contribution in [3.05, 3.63) is 35.6 Å². The molecule has 0 bridgehead atoms. The second-order valence-corrected chi connectivity index (χ2v) is 7.79. The summed E-state index contributed by atoms with van der Waals surface area (Å²) >= 11 is 1.25. The molecule has 1 aromatic heterocycles. The van der Waals surface area contributed by atoms with Gasteiger partial charge in [-0.05, 0) is 38.5 Å². The molecular formula is C19H23N3O5S. The number of fused-ring (bicyclic) bond motifs is 1. The van der Waals surface area contributed by atoms with Crippen LogP contribution < -0.4 is 20.1 Å². The van der Waals surface area contributed by atoms with Crippen molar-refractivity contribution in [3.63, 3.8) is 0 Å². The van der Waals surface area contributed by atoms with Gasteiger partial charge in [-0.2, -0.15) is 0 Å². The van der Waals surface area contributed by atoms with E-state index >= 15 is 0 Å². The quantitative estimate of drug-likeness (QED) is 0.730. The number of thioether (sulfide) groups is 1. The Bertz CT molecular complexity index is 854. The Kier molecular flexibility index (Phi) is 6.45. The number of carbonyl (C=O) groups is 2. The van der Waals surface area contributed by atoms with E-state index < -0.39 is 5.25 Å². The zero-order chi connectivity index (χ0) is 20.1. The summed E-state index contributed by atoms with van der Waals surface area (Å²) in [6.07, 6.45) is 0. The number of amides is 2. The highest BCUT2D eigenvalue weighted by atomic mass is 32.2. The average Bonchev–Trinajstić information content (AvgIpc) is 3.10. The summed E-state index contributed by atoms with van der Waals surface area (Å²) in [6, 6.07) is 7.08. The van der Waals surface area contributed by atoms with Gasteiger partial charge in [-0.15, -0.1) is 11.8 Å². The molecule has 2 heterocycles. The monoisotopic (exact) mass is 405 g/mol. The molecule has 3 rings (SSSR count). The van der Waals surface area contributed by atoms with Crippen LogP contribution in [0.3, 0.4) is 0 Å². The first-order valence-electron chi connectivity index (χ1n) is 8.97. The van der Waals surface area contributed by atoms with Crippen molar-refractivity contribution in [1.82, 2.24) is 10.5 Å². The third-order valence-electron chi connectivity index (χ3n) is 4.16. The fourth-order valence-corrected chi connectivity index (χ4v) is 3.32. The molecule has 0 aliphatic carbocycles. The lowest BCUT2D eigenvalue weighted by Crippen LogP contribution is -2.30. The van der Waals surface area contributed by atoms with Crippen LogP contribution in [0.4, 0.5) is 5.82 Å². The van der Waals surface area contributed by atoms with Crippen LogP contribution in [-0.2, 0) is 9.59 Å². The summed E-state index contributed by atoms with van der Waals surface area (Å²) in [5, 5.41) is 8.91. The number of nitrogens with one attached hydrogen (secondary N) is 2. The Labute approximate surface area is 167 Å². The Morgan fingerprint density at radius 3 is 2.64 bits per heavy atom. The molecular weight excluding hydrogens is 382 g/mol. The molecule has 9 heteroatoms. The molecule has 0 fully saturated rings. The van der Waals surface area contributed by atoms with Crippen molar-refractivity contribution in [2.45, 2.75) is 32.1 Å². The van der Waals surface area contributed by atoms with Crippen LogP contribution in [0.1, 0.15) is 31.2 Å². The number of aromatic nitrogens is 1. The van der Waals surface area contributed by atoms with Crippen LogP contribution in [0.2, 0.25) is 0 Å². The Morgan fingerprint density at radius 2 is 1.93 bits per heavy atom. The third-order valence-corrected chi connectivity index (χ3v) is 5.30. The van der Waals surface area contributed by atoms with Crippen molar-refractivity contribution in [1.29, 1.82) is 0 Å². The maximum Gasteiger partial charge on any atom is 0.238 e. The Morgan fingerprint density at radius 1 is 1.18 bits per heavy atom. The molecule has 1 aliphatic heterocycles. The third kappa shape index (κ3) is 5.19. The minimum Gasteiger partial charge on any atom is -0.486 e. The molecule has 0 spiro atoms. The van der Waals surface area contributed by atoms with Gasteiger partial charge in [0.05, 0.1) is 17.0 Å². The van der Waals surface area contributed by atoms with E-state index in [2.05, 4.69) is 15.8 Å². The fraction of sp³-hybridized carbons (Fsp3) is 0.421. The van der Waals surface area contributed by atoms with E-state index in [9.17, 15) is 9.59 Å². The topological polar surface area (TPSA) is 103 Å². The lowest BCUT2D eigenvalue weighted by atomic mass is 10.1. The number of ether oxygens (including phenoxy) is 2. The lowest BCUT2D eigenvalue weighted by Gasteiger charge is -2.21. The van der Waals surface area contributed by atoms with E-state index in [1.165, 1.54) is 11.8 Å². The van der Waals surface area contributed by atoms with Gasteiger partial charge in [0.25, 0.3) is 0 Å². The SMILES string of the molecule is Cc1cc(NC(=O)C(C)SCC(=O)NC(C)c2ccc3c(c2)OCCO3)no1. The van der Waals surface area contributed by atoms with Gasteiger partial charge in [-0.1, -0.05) is 11.2 Å². The van der Waals surface area contributed by atoms with Crippen molar-refractivity contribution >= 4 is 29.4 Å². The number of benzene rings is 1. The molecule has 2 N–H and O–H groups in total. The number of rotatable bonds is 7. The van der Waals surface area contributed by atoms with Gasteiger partial charge in [-0.3, -0.25) is 9.59 Å². The zero-order valence-corrected chi connectivity index (χ0v) is 16.8. The van der Waals surface area contributed by atoms with Crippen LogP contribution in [0, 0.1) is 6.92 Å². The highest BCUT2D eigenvalue weighted by Crippen LogP contribution is 2.32. The van der Waals surface area contributed by atoms with Gasteiger partial charge < -0.3 is 24.6 Å². The van der Waals surface area contributed by atoms with Gasteiger partial charge in [0.15, 0.2) is 17.3 Å². The minimum atomic E-state index is -0.410. The lowest BCUT2D eigenvalue weighted by molar-refractivity contribution is -0.119. The number of nitrogens with zero attached hydrogens (tertiary/aromatic N) is 1. The standard InChI is InChI=1S/C19H23N3O5S/c1-11-8-17(22-27-11)21-19(24)13(3)28-10-18(23)20-12(2)14-4-5-15-16(9-14)26-7-6-25-15/h4-5,8-9,12-13H,6-7,10H2,1-3H3,(H,20,23)(H,21,22,24). The maximum atomic E-state index is 12.3. The van der Waals surface area contributed by atoms with Crippen LogP contribution in [-0.4, -0.2) is 41.2 Å². The first-order chi connectivity index (χ1) is 13.4. The summed E-state index contributed by atoms with van der Waals surface area (Å²) in [5.41, 5.74) is 0.926. The molecule has 8 nitrogen and oxygen atoms in total. The number of hydrogen-bond acceptors (Lipinski definition) is 7. The van der Waals surface area contributed by atoms with Gasteiger partial charge in [0, 0.05) is 6.07 Å². The van der Waals surface area contributed by atoms with Crippen LogP contribution in [0.25, 0.3) is 0 Å². The summed E-state index contributed by atoms with van der Waals surface area (Å²) in [5.74, 6) is 2.17. The van der Waals surface area contributed by atoms with E-state index in [1.54, 1.807) is 19.9 Å². The average molecular weight is 405 g/mol. The summed E-state index contributed by atoms with van der Waals surface area (Å²) < 4.78 is 16.0. The Balaban J connectivity index is 1.46. The fourth-order valence-electron chi connectivity index (χ4n) is 2.63. The molecule has 2 aromatic rings. The van der Waals surface area contributed by atoms with E-state index in [-0.39, 0.29) is 23.6 Å². The van der Waals surface area contributed by atoms with Crippen LogP contribution in [0.5, 0.6) is 11.5 Å². The van der Waals surface area contributed by atoms with Crippen molar-refractivity contribution in [3.8, 4) is 11.5 Å². The van der Waals surface area contributed by atoms with Crippen LogP contribution >= 0.6 is 11.8 Å². The molecule has 28 heavy (non-hydrogen) atoms. The normalized spacial score (nSPS) is 14.8. The summed E-state index contributed by atoms with van der Waals surface area (Å²) in [7, 11) is 0. The summed E-state index contributed by atoms with van der Waals surface area (Å²) in [4.78, 5) is 24.4. The predicted octanol–water partition coefficient (Wildman–Crippen LogP) is 2.69. The van der Waals surface area contributed by atoms with Crippen molar-refractivity contribution in [2.75, 3.05) is 24.3 Å². The molecule has 0 radical (unpaired) electrons. The Hall–Kier alpha value is -2.68. The maximum absolute atomic E-state index is 12.3. The number of carbonyl (C=O) groups excluding carboxylic acids is 2. The number of aryl methyl sites for hydroxylation is 1. The largest absolute Gasteiger partial charge is 0.486 e. The molecule has 2 amide bonds. The summed E-state index contributed by atoms with van der Waals surface area (Å²) in [6.45, 7) is 6.44. The predicted molar refractivity (Wildman–Crippen MR) is 106 cm³/mol. The van der Waals surface area contributed by atoms with E-state index in [4.69, 9.17) is 14.0 Å². The van der Waals surface area contributed by atoms with Gasteiger partial charge >= 0.3 is 0 Å². The minimum absolute atomic E-state index is 0.149. The molecule has 0 saturated heterocycles. The molecule has 1 aliphatic rings. The molecule has 0 saturated carbocycles.